The molecule has 0 aliphatic carbocycles. The number of phenols is 1. The van der Waals surface area contributed by atoms with E-state index in [1.54, 1.807) is 0 Å². The molecular weight excluding hydrogens is 263 g/mol. The number of halogens is 1. The van der Waals surface area contributed by atoms with Crippen LogP contribution in [0.4, 0.5) is 4.39 Å². The van der Waals surface area contributed by atoms with Gasteiger partial charge in [-0.2, -0.15) is 0 Å². The van der Waals surface area contributed by atoms with Crippen LogP contribution in [0.2, 0.25) is 0 Å². The third kappa shape index (κ3) is 3.91. The number of piperidine rings is 1. The Labute approximate surface area is 117 Å². The van der Waals surface area contributed by atoms with Crippen LogP contribution in [-0.4, -0.2) is 43.4 Å². The van der Waals surface area contributed by atoms with Crippen LogP contribution in [0.1, 0.15) is 23.2 Å². The molecule has 0 saturated carbocycles. The Morgan fingerprint density at radius 1 is 1.45 bits per heavy atom. The van der Waals surface area contributed by atoms with E-state index in [2.05, 4.69) is 10.6 Å². The summed E-state index contributed by atoms with van der Waals surface area (Å²) in [6.45, 7) is 2.56. The van der Waals surface area contributed by atoms with Gasteiger partial charge >= 0.3 is 0 Å². The fourth-order valence-corrected chi connectivity index (χ4v) is 2.18. The zero-order chi connectivity index (χ0) is 14.4. The molecule has 1 aromatic carbocycles. The van der Waals surface area contributed by atoms with E-state index < -0.39 is 11.7 Å². The predicted octanol–water partition coefficient (Wildman–Crippen LogP) is 1.03. The van der Waals surface area contributed by atoms with Crippen molar-refractivity contribution in [2.24, 2.45) is 0 Å². The van der Waals surface area contributed by atoms with Crippen LogP contribution < -0.4 is 10.6 Å². The molecule has 1 saturated heterocycles. The number of hydrogen-bond donors (Lipinski definition) is 3. The van der Waals surface area contributed by atoms with Crippen molar-refractivity contribution in [1.82, 2.24) is 10.6 Å². The molecule has 2 rings (SSSR count). The molecular formula is C14H19FN2O3. The van der Waals surface area contributed by atoms with Gasteiger partial charge in [-0.25, -0.2) is 4.39 Å². The van der Waals surface area contributed by atoms with Crippen LogP contribution in [-0.2, 0) is 4.74 Å². The normalized spacial score (nSPS) is 16.1. The minimum absolute atomic E-state index is 0.218. The zero-order valence-corrected chi connectivity index (χ0v) is 11.2. The molecule has 1 amide bonds. The van der Waals surface area contributed by atoms with Gasteiger partial charge in [-0.3, -0.25) is 4.79 Å². The highest BCUT2D eigenvalue weighted by Gasteiger charge is 2.16. The lowest BCUT2D eigenvalue weighted by Crippen LogP contribution is -2.35. The van der Waals surface area contributed by atoms with Gasteiger partial charge in [0.25, 0.3) is 5.91 Å². The molecule has 0 bridgehead atoms. The summed E-state index contributed by atoms with van der Waals surface area (Å²) < 4.78 is 19.1. The Bertz CT molecular complexity index is 441. The number of hydrogen-bond acceptors (Lipinski definition) is 4. The van der Waals surface area contributed by atoms with Gasteiger partial charge in [-0.05, 0) is 38.1 Å². The van der Waals surface area contributed by atoms with Crippen LogP contribution in [0.5, 0.6) is 5.75 Å². The molecule has 1 aromatic rings. The number of amides is 1. The summed E-state index contributed by atoms with van der Waals surface area (Å²) in [6, 6.07) is 3.77. The van der Waals surface area contributed by atoms with Crippen molar-refractivity contribution in [2.75, 3.05) is 26.2 Å². The molecule has 0 atom stereocenters. The van der Waals surface area contributed by atoms with Gasteiger partial charge in [0.2, 0.25) is 0 Å². The van der Waals surface area contributed by atoms with Gasteiger partial charge in [0.1, 0.15) is 17.1 Å². The molecule has 6 heteroatoms. The lowest BCUT2D eigenvalue weighted by Gasteiger charge is -2.22. The number of benzene rings is 1. The predicted molar refractivity (Wildman–Crippen MR) is 72.2 cm³/mol. The van der Waals surface area contributed by atoms with Crippen LogP contribution in [0, 0.1) is 5.82 Å². The van der Waals surface area contributed by atoms with E-state index in [-0.39, 0.29) is 24.0 Å². The molecule has 1 fully saturated rings. The van der Waals surface area contributed by atoms with E-state index in [1.807, 2.05) is 0 Å². The number of rotatable bonds is 5. The number of ether oxygens (including phenoxy) is 1. The molecule has 3 N–H and O–H groups in total. The molecule has 5 nitrogen and oxygen atoms in total. The standard InChI is InChI=1S/C14H19FN2O3/c15-11-2-1-3-12(18)13(11)14(19)17-8-9-20-10-4-6-16-7-5-10/h1-3,10,16,18H,4-9H2,(H,17,19). The van der Waals surface area contributed by atoms with E-state index >= 15 is 0 Å². The summed E-state index contributed by atoms with van der Waals surface area (Å²) in [5, 5.41) is 15.3. The maximum atomic E-state index is 13.4. The lowest BCUT2D eigenvalue weighted by molar-refractivity contribution is 0.0343. The first-order chi connectivity index (χ1) is 9.68. The maximum absolute atomic E-state index is 13.4. The highest BCUT2D eigenvalue weighted by molar-refractivity contribution is 5.97. The Morgan fingerprint density at radius 2 is 2.20 bits per heavy atom. The highest BCUT2D eigenvalue weighted by atomic mass is 19.1. The van der Waals surface area contributed by atoms with Crippen LogP contribution in [0.15, 0.2) is 18.2 Å². The second-order valence-corrected chi connectivity index (χ2v) is 4.71. The number of carbonyl (C=O) groups excluding carboxylic acids is 1. The van der Waals surface area contributed by atoms with Crippen LogP contribution in [0.3, 0.4) is 0 Å². The summed E-state index contributed by atoms with van der Waals surface area (Å²) in [5.41, 5.74) is -0.325. The van der Waals surface area contributed by atoms with E-state index in [9.17, 15) is 14.3 Å². The minimum atomic E-state index is -0.734. The molecule has 1 heterocycles. The number of nitrogens with one attached hydrogen (secondary N) is 2. The van der Waals surface area contributed by atoms with Crippen molar-refractivity contribution in [2.45, 2.75) is 18.9 Å². The van der Waals surface area contributed by atoms with Crippen LogP contribution in [0.25, 0.3) is 0 Å². The monoisotopic (exact) mass is 282 g/mol. The van der Waals surface area contributed by atoms with E-state index in [4.69, 9.17) is 4.74 Å². The van der Waals surface area contributed by atoms with Crippen molar-refractivity contribution in [1.29, 1.82) is 0 Å². The van der Waals surface area contributed by atoms with Crippen molar-refractivity contribution in [3.63, 3.8) is 0 Å². The first-order valence-electron chi connectivity index (χ1n) is 6.76. The first kappa shape index (κ1) is 14.7. The molecule has 0 unspecified atom stereocenters. The van der Waals surface area contributed by atoms with Gasteiger partial charge in [-0.1, -0.05) is 6.07 Å². The Hall–Kier alpha value is -1.66. The van der Waals surface area contributed by atoms with E-state index in [1.165, 1.54) is 12.1 Å². The van der Waals surface area contributed by atoms with Crippen molar-refractivity contribution in [3.05, 3.63) is 29.6 Å². The highest BCUT2D eigenvalue weighted by Crippen LogP contribution is 2.19. The molecule has 1 aliphatic heterocycles. The summed E-state index contributed by atoms with van der Waals surface area (Å²) >= 11 is 0. The molecule has 0 aromatic heterocycles. The van der Waals surface area contributed by atoms with Crippen LogP contribution >= 0.6 is 0 Å². The van der Waals surface area contributed by atoms with Crippen molar-refractivity contribution < 1.29 is 19.0 Å². The maximum Gasteiger partial charge on any atom is 0.258 e. The average molecular weight is 282 g/mol. The Kier molecular flexibility index (Phi) is 5.31. The van der Waals surface area contributed by atoms with Gasteiger partial charge in [-0.15, -0.1) is 0 Å². The summed E-state index contributed by atoms with van der Waals surface area (Å²) in [5.74, 6) is -1.72. The minimum Gasteiger partial charge on any atom is -0.507 e. The summed E-state index contributed by atoms with van der Waals surface area (Å²) in [4.78, 5) is 11.8. The van der Waals surface area contributed by atoms with Crippen molar-refractivity contribution in [3.8, 4) is 5.75 Å². The van der Waals surface area contributed by atoms with Gasteiger partial charge in [0.05, 0.1) is 12.7 Å². The quantitative estimate of drug-likeness (QED) is 0.705. The van der Waals surface area contributed by atoms with Crippen molar-refractivity contribution >= 4 is 5.91 Å². The topological polar surface area (TPSA) is 70.6 Å². The molecule has 0 spiro atoms. The third-order valence-electron chi connectivity index (χ3n) is 3.25. The van der Waals surface area contributed by atoms with Gasteiger partial charge in [0, 0.05) is 6.54 Å². The van der Waals surface area contributed by atoms with E-state index in [0.29, 0.717) is 6.61 Å². The van der Waals surface area contributed by atoms with Gasteiger partial charge < -0.3 is 20.5 Å². The Balaban J connectivity index is 1.75. The number of phenolic OH excluding ortho intramolecular Hbond substituents is 1. The number of aromatic hydroxyl groups is 1. The molecule has 20 heavy (non-hydrogen) atoms. The fourth-order valence-electron chi connectivity index (χ4n) is 2.18. The molecule has 0 radical (unpaired) electrons. The second-order valence-electron chi connectivity index (χ2n) is 4.71. The lowest BCUT2D eigenvalue weighted by atomic mass is 10.1. The number of carbonyl (C=O) groups is 1. The zero-order valence-electron chi connectivity index (χ0n) is 11.2. The smallest absolute Gasteiger partial charge is 0.258 e. The molecule has 110 valence electrons. The SMILES string of the molecule is O=C(NCCOC1CCNCC1)c1c(O)cccc1F. The third-order valence-corrected chi connectivity index (χ3v) is 3.25. The van der Waals surface area contributed by atoms with E-state index in [0.717, 1.165) is 32.0 Å². The fraction of sp³-hybridized carbons (Fsp3) is 0.500. The molecule has 1 aliphatic rings. The second kappa shape index (κ2) is 7.21. The Morgan fingerprint density at radius 3 is 2.90 bits per heavy atom. The summed E-state index contributed by atoms with van der Waals surface area (Å²) in [6.07, 6.45) is 2.14. The first-order valence-corrected chi connectivity index (χ1v) is 6.76. The largest absolute Gasteiger partial charge is 0.507 e. The summed E-state index contributed by atoms with van der Waals surface area (Å²) in [7, 11) is 0. The van der Waals surface area contributed by atoms with Gasteiger partial charge in [0.15, 0.2) is 0 Å². The average Bonchev–Trinajstić information content (AvgIpc) is 2.44.